The molecular weight excluding hydrogens is 424 g/mol. The quantitative estimate of drug-likeness (QED) is 0.657. The number of hydrogen-bond donors (Lipinski definition) is 1. The second kappa shape index (κ2) is 9.58. The summed E-state index contributed by atoms with van der Waals surface area (Å²) in [5.74, 6) is 0.444. The molecule has 0 atom stereocenters. The van der Waals surface area contributed by atoms with Crippen LogP contribution >= 0.6 is 11.3 Å². The van der Waals surface area contributed by atoms with Gasteiger partial charge in [-0.25, -0.2) is 4.98 Å². The summed E-state index contributed by atoms with van der Waals surface area (Å²) in [6.45, 7) is 10.6. The minimum absolute atomic E-state index is 0.00268. The van der Waals surface area contributed by atoms with E-state index in [4.69, 9.17) is 4.74 Å². The van der Waals surface area contributed by atoms with E-state index in [0.717, 1.165) is 36.8 Å². The van der Waals surface area contributed by atoms with E-state index in [1.807, 2.05) is 6.07 Å². The number of carbonyl (C=O) groups excluding carboxylic acids is 2. The van der Waals surface area contributed by atoms with Gasteiger partial charge in [0.1, 0.15) is 16.5 Å². The molecule has 0 radical (unpaired) electrons. The van der Waals surface area contributed by atoms with E-state index in [0.29, 0.717) is 24.5 Å². The summed E-state index contributed by atoms with van der Waals surface area (Å²) in [4.78, 5) is 33.8. The Hall–Kier alpha value is -2.45. The summed E-state index contributed by atoms with van der Waals surface area (Å²) in [6.07, 6.45) is 3.47. The molecule has 7 nitrogen and oxygen atoms in total. The van der Waals surface area contributed by atoms with Crippen molar-refractivity contribution in [2.75, 3.05) is 37.7 Å². The summed E-state index contributed by atoms with van der Waals surface area (Å²) < 4.78 is 5.66. The molecule has 172 valence electrons. The number of carbonyl (C=O) groups is 2. The van der Waals surface area contributed by atoms with Crippen molar-refractivity contribution >= 4 is 28.8 Å². The number of anilines is 1. The Morgan fingerprint density at radius 1 is 1.28 bits per heavy atom. The van der Waals surface area contributed by atoms with E-state index in [9.17, 15) is 9.59 Å². The van der Waals surface area contributed by atoms with Crippen LogP contribution in [-0.2, 0) is 16.8 Å². The van der Waals surface area contributed by atoms with E-state index in [2.05, 4.69) is 48.1 Å². The molecule has 1 fully saturated rings. The summed E-state index contributed by atoms with van der Waals surface area (Å²) in [5.41, 5.74) is 2.35. The van der Waals surface area contributed by atoms with Crippen LogP contribution in [0.4, 0.5) is 5.69 Å². The van der Waals surface area contributed by atoms with Crippen molar-refractivity contribution in [3.05, 3.63) is 39.8 Å². The van der Waals surface area contributed by atoms with Crippen LogP contribution in [0, 0.1) is 0 Å². The summed E-state index contributed by atoms with van der Waals surface area (Å²) in [6, 6.07) is 6.07. The van der Waals surface area contributed by atoms with Crippen molar-refractivity contribution < 1.29 is 14.3 Å². The molecule has 1 N–H and O–H groups in total. The zero-order valence-corrected chi connectivity index (χ0v) is 20.0. The Kier molecular flexibility index (Phi) is 6.81. The highest BCUT2D eigenvalue weighted by molar-refractivity contribution is 7.09. The first-order valence-electron chi connectivity index (χ1n) is 11.4. The van der Waals surface area contributed by atoms with Crippen LogP contribution in [0.2, 0.25) is 0 Å². The average Bonchev–Trinajstić information content (AvgIpc) is 3.47. The molecule has 0 unspecified atom stereocenters. The Morgan fingerprint density at radius 2 is 2.06 bits per heavy atom. The molecule has 0 bridgehead atoms. The third-order valence-corrected chi connectivity index (χ3v) is 7.39. The standard InChI is InChI=1S/C24H32N4O3S/c1-4-24(2,3)17-7-8-20-19(13-17)28(22(29)15-31-20)14-21-26-18(16-32-21)23(30)25-9-12-27-10-5-6-11-27/h7-8,13,16H,4-6,9-12,14-15H2,1-3H3,(H,25,30). The number of aromatic nitrogens is 1. The fourth-order valence-electron chi connectivity index (χ4n) is 4.05. The first-order valence-corrected chi connectivity index (χ1v) is 12.3. The van der Waals surface area contributed by atoms with E-state index < -0.39 is 0 Å². The monoisotopic (exact) mass is 456 g/mol. The minimum Gasteiger partial charge on any atom is -0.482 e. The Labute approximate surface area is 193 Å². The molecule has 0 aliphatic carbocycles. The van der Waals surface area contributed by atoms with Crippen LogP contribution in [0.15, 0.2) is 23.6 Å². The van der Waals surface area contributed by atoms with Gasteiger partial charge < -0.3 is 15.0 Å². The van der Waals surface area contributed by atoms with Crippen LogP contribution in [-0.4, -0.2) is 54.5 Å². The van der Waals surface area contributed by atoms with Crippen LogP contribution in [0.5, 0.6) is 5.75 Å². The SMILES string of the molecule is CCC(C)(C)c1ccc2c(c1)N(Cc1nc(C(=O)NCCN3CCCC3)cs1)C(=O)CO2. The number of nitrogens with one attached hydrogen (secondary N) is 1. The summed E-state index contributed by atoms with van der Waals surface area (Å²) in [7, 11) is 0. The number of thiazole rings is 1. The van der Waals surface area contributed by atoms with E-state index >= 15 is 0 Å². The van der Waals surface area contributed by atoms with Gasteiger partial charge in [0.2, 0.25) is 0 Å². The van der Waals surface area contributed by atoms with Crippen molar-refractivity contribution in [1.82, 2.24) is 15.2 Å². The Morgan fingerprint density at radius 3 is 2.81 bits per heavy atom. The maximum absolute atomic E-state index is 12.7. The molecule has 0 saturated carbocycles. The van der Waals surface area contributed by atoms with Crippen LogP contribution in [0.3, 0.4) is 0 Å². The highest BCUT2D eigenvalue weighted by atomic mass is 32.1. The molecule has 1 aromatic heterocycles. The zero-order valence-electron chi connectivity index (χ0n) is 19.1. The van der Waals surface area contributed by atoms with Gasteiger partial charge in [-0.1, -0.05) is 26.8 Å². The second-order valence-corrected chi connectivity index (χ2v) is 10.1. The molecule has 4 rings (SSSR count). The maximum Gasteiger partial charge on any atom is 0.270 e. The first-order chi connectivity index (χ1) is 15.4. The third-order valence-electron chi connectivity index (χ3n) is 6.56. The normalized spacial score (nSPS) is 16.7. The average molecular weight is 457 g/mol. The van der Waals surface area contributed by atoms with Crippen molar-refractivity contribution in [3.8, 4) is 5.75 Å². The van der Waals surface area contributed by atoms with E-state index in [-0.39, 0.29) is 23.8 Å². The van der Waals surface area contributed by atoms with Crippen LogP contribution < -0.4 is 15.0 Å². The first kappa shape index (κ1) is 22.7. The van der Waals surface area contributed by atoms with Gasteiger partial charge >= 0.3 is 0 Å². The van der Waals surface area contributed by atoms with Crippen molar-refractivity contribution in [1.29, 1.82) is 0 Å². The number of nitrogens with zero attached hydrogens (tertiary/aromatic N) is 3. The molecule has 2 aliphatic rings. The molecule has 0 spiro atoms. The zero-order chi connectivity index (χ0) is 22.7. The Bertz CT molecular complexity index is 981. The fraction of sp³-hybridized carbons (Fsp3) is 0.542. The highest BCUT2D eigenvalue weighted by Gasteiger charge is 2.29. The van der Waals surface area contributed by atoms with Crippen LogP contribution in [0.1, 0.15) is 61.1 Å². The van der Waals surface area contributed by atoms with Gasteiger partial charge in [0.25, 0.3) is 11.8 Å². The van der Waals surface area contributed by atoms with Gasteiger partial charge in [-0.15, -0.1) is 11.3 Å². The molecule has 1 saturated heterocycles. The minimum atomic E-state index is -0.160. The number of benzene rings is 1. The molecule has 3 heterocycles. The lowest BCUT2D eigenvalue weighted by atomic mass is 9.82. The van der Waals surface area contributed by atoms with Crippen molar-refractivity contribution in [2.45, 2.75) is 52.0 Å². The van der Waals surface area contributed by atoms with Gasteiger partial charge in [-0.2, -0.15) is 0 Å². The molecule has 2 amide bonds. The summed E-state index contributed by atoms with van der Waals surface area (Å²) in [5, 5.41) is 5.46. The molecule has 2 aliphatic heterocycles. The highest BCUT2D eigenvalue weighted by Crippen LogP contribution is 2.38. The van der Waals surface area contributed by atoms with Gasteiger partial charge in [0.05, 0.1) is 12.2 Å². The number of fused-ring (bicyclic) bond motifs is 1. The van der Waals surface area contributed by atoms with Gasteiger partial charge in [-0.05, 0) is 55.5 Å². The predicted molar refractivity (Wildman–Crippen MR) is 127 cm³/mol. The van der Waals surface area contributed by atoms with Gasteiger partial charge in [0, 0.05) is 18.5 Å². The predicted octanol–water partition coefficient (Wildman–Crippen LogP) is 3.58. The van der Waals surface area contributed by atoms with Gasteiger partial charge in [-0.3, -0.25) is 14.5 Å². The number of amides is 2. The fourth-order valence-corrected chi connectivity index (χ4v) is 4.81. The topological polar surface area (TPSA) is 74.8 Å². The van der Waals surface area contributed by atoms with E-state index in [1.165, 1.54) is 29.7 Å². The molecule has 2 aromatic rings. The number of rotatable bonds is 8. The molecule has 1 aromatic carbocycles. The Balaban J connectivity index is 1.44. The van der Waals surface area contributed by atoms with Crippen molar-refractivity contribution in [2.24, 2.45) is 0 Å². The van der Waals surface area contributed by atoms with Gasteiger partial charge in [0.15, 0.2) is 6.61 Å². The number of likely N-dealkylation sites (tertiary alicyclic amines) is 1. The maximum atomic E-state index is 12.7. The smallest absolute Gasteiger partial charge is 0.270 e. The molecule has 8 heteroatoms. The van der Waals surface area contributed by atoms with Crippen LogP contribution in [0.25, 0.3) is 0 Å². The summed E-state index contributed by atoms with van der Waals surface area (Å²) >= 11 is 1.40. The largest absolute Gasteiger partial charge is 0.482 e. The number of hydrogen-bond acceptors (Lipinski definition) is 6. The van der Waals surface area contributed by atoms with E-state index in [1.54, 1.807) is 10.3 Å². The molecular formula is C24H32N4O3S. The lowest BCUT2D eigenvalue weighted by Crippen LogP contribution is -2.38. The molecule has 32 heavy (non-hydrogen) atoms. The lowest BCUT2D eigenvalue weighted by Gasteiger charge is -2.31. The van der Waals surface area contributed by atoms with Crippen molar-refractivity contribution in [3.63, 3.8) is 0 Å². The third kappa shape index (κ3) is 4.96. The number of ether oxygens (including phenoxy) is 1. The second-order valence-electron chi connectivity index (χ2n) is 9.12. The lowest BCUT2D eigenvalue weighted by molar-refractivity contribution is -0.121.